The van der Waals surface area contributed by atoms with Gasteiger partial charge in [-0.1, -0.05) is 30.3 Å². The van der Waals surface area contributed by atoms with E-state index in [4.69, 9.17) is 0 Å². The van der Waals surface area contributed by atoms with Crippen molar-refractivity contribution in [3.63, 3.8) is 0 Å². The Morgan fingerprint density at radius 2 is 1.65 bits per heavy atom. The largest absolute Gasteiger partial charge is 0.348 e. The molecule has 0 aromatic heterocycles. The Kier molecular flexibility index (Phi) is 6.33. The standard InChI is InChI=1S/C18H22FN3O3S/c1-14(15-7-5-4-6-8-15)20-18(23)13-22(26(24,25)21(2)3)17-11-9-16(19)10-12-17/h4-12,14H,13H2,1-3H3,(H,20,23)/t14-/m0/s1. The van der Waals surface area contributed by atoms with E-state index in [9.17, 15) is 17.6 Å². The first-order chi connectivity index (χ1) is 12.2. The number of hydrogen-bond donors (Lipinski definition) is 1. The average molecular weight is 379 g/mol. The summed E-state index contributed by atoms with van der Waals surface area (Å²) in [5.41, 5.74) is 1.12. The van der Waals surface area contributed by atoms with Crippen molar-refractivity contribution in [1.82, 2.24) is 9.62 Å². The molecule has 0 aliphatic carbocycles. The van der Waals surface area contributed by atoms with Crippen LogP contribution < -0.4 is 9.62 Å². The summed E-state index contributed by atoms with van der Waals surface area (Å²) in [5.74, 6) is -0.950. The lowest BCUT2D eigenvalue weighted by molar-refractivity contribution is -0.120. The Morgan fingerprint density at radius 1 is 1.08 bits per heavy atom. The lowest BCUT2D eigenvalue weighted by Crippen LogP contribution is -2.46. The second-order valence-corrected chi connectivity index (χ2v) is 8.04. The summed E-state index contributed by atoms with van der Waals surface area (Å²) < 4.78 is 40.3. The van der Waals surface area contributed by atoms with Gasteiger partial charge in [0.15, 0.2) is 0 Å². The van der Waals surface area contributed by atoms with Crippen LogP contribution in [0.25, 0.3) is 0 Å². The monoisotopic (exact) mass is 379 g/mol. The SMILES string of the molecule is C[C@H](NC(=O)CN(c1ccc(F)cc1)S(=O)(=O)N(C)C)c1ccccc1. The van der Waals surface area contributed by atoms with Crippen molar-refractivity contribution in [3.05, 3.63) is 66.0 Å². The molecule has 0 bridgehead atoms. The molecule has 8 heteroatoms. The van der Waals surface area contributed by atoms with Crippen molar-refractivity contribution in [1.29, 1.82) is 0 Å². The van der Waals surface area contributed by atoms with Gasteiger partial charge in [0.2, 0.25) is 5.91 Å². The fourth-order valence-electron chi connectivity index (χ4n) is 2.35. The maximum absolute atomic E-state index is 13.2. The molecule has 140 valence electrons. The van der Waals surface area contributed by atoms with Gasteiger partial charge in [-0.25, -0.2) is 8.70 Å². The number of anilines is 1. The van der Waals surface area contributed by atoms with Gasteiger partial charge in [-0.2, -0.15) is 12.7 Å². The molecule has 1 atom stereocenters. The number of nitrogens with one attached hydrogen (secondary N) is 1. The summed E-state index contributed by atoms with van der Waals surface area (Å²) in [7, 11) is -1.17. The molecule has 2 aromatic rings. The van der Waals surface area contributed by atoms with Crippen molar-refractivity contribution in [2.24, 2.45) is 0 Å². The number of amides is 1. The van der Waals surface area contributed by atoms with E-state index in [1.165, 1.54) is 26.2 Å². The highest BCUT2D eigenvalue weighted by Crippen LogP contribution is 2.20. The third-order valence-corrected chi connectivity index (χ3v) is 5.64. The van der Waals surface area contributed by atoms with Gasteiger partial charge in [-0.15, -0.1) is 0 Å². The third kappa shape index (κ3) is 4.80. The van der Waals surface area contributed by atoms with Crippen LogP contribution in [-0.2, 0) is 15.0 Å². The zero-order valence-corrected chi connectivity index (χ0v) is 15.7. The van der Waals surface area contributed by atoms with Gasteiger partial charge < -0.3 is 5.32 Å². The predicted octanol–water partition coefficient (Wildman–Crippen LogP) is 2.32. The highest BCUT2D eigenvalue weighted by atomic mass is 32.2. The van der Waals surface area contributed by atoms with E-state index in [0.717, 1.165) is 26.3 Å². The maximum atomic E-state index is 13.2. The van der Waals surface area contributed by atoms with Crippen LogP contribution in [0.5, 0.6) is 0 Å². The number of carbonyl (C=O) groups is 1. The first-order valence-electron chi connectivity index (χ1n) is 8.02. The van der Waals surface area contributed by atoms with Crippen molar-refractivity contribution >= 4 is 21.8 Å². The van der Waals surface area contributed by atoms with Crippen LogP contribution in [0.2, 0.25) is 0 Å². The van der Waals surface area contributed by atoms with Crippen LogP contribution in [0.4, 0.5) is 10.1 Å². The summed E-state index contributed by atoms with van der Waals surface area (Å²) in [6.07, 6.45) is 0. The molecule has 0 radical (unpaired) electrons. The van der Waals surface area contributed by atoms with E-state index < -0.39 is 28.5 Å². The molecule has 0 unspecified atom stereocenters. The van der Waals surface area contributed by atoms with Crippen molar-refractivity contribution in [2.45, 2.75) is 13.0 Å². The zero-order chi connectivity index (χ0) is 19.3. The molecule has 0 heterocycles. The molecule has 0 aliphatic rings. The Morgan fingerprint density at radius 3 is 2.19 bits per heavy atom. The smallest absolute Gasteiger partial charge is 0.304 e. The lowest BCUT2D eigenvalue weighted by atomic mass is 10.1. The molecule has 6 nitrogen and oxygen atoms in total. The van der Waals surface area contributed by atoms with Crippen LogP contribution >= 0.6 is 0 Å². The molecular formula is C18H22FN3O3S. The van der Waals surface area contributed by atoms with Crippen LogP contribution in [0.1, 0.15) is 18.5 Å². The minimum absolute atomic E-state index is 0.211. The number of benzene rings is 2. The van der Waals surface area contributed by atoms with Gasteiger partial charge in [0.05, 0.1) is 11.7 Å². The number of halogens is 1. The molecule has 1 N–H and O–H groups in total. The van der Waals surface area contributed by atoms with Crippen LogP contribution in [0.3, 0.4) is 0 Å². The molecule has 2 aromatic carbocycles. The van der Waals surface area contributed by atoms with Crippen LogP contribution in [0, 0.1) is 5.82 Å². The van der Waals surface area contributed by atoms with E-state index in [2.05, 4.69) is 5.32 Å². The lowest BCUT2D eigenvalue weighted by Gasteiger charge is -2.27. The summed E-state index contributed by atoms with van der Waals surface area (Å²) in [4.78, 5) is 12.4. The average Bonchev–Trinajstić information content (AvgIpc) is 2.61. The third-order valence-electron chi connectivity index (χ3n) is 3.82. The molecule has 2 rings (SSSR count). The molecular weight excluding hydrogens is 357 g/mol. The molecule has 0 saturated heterocycles. The van der Waals surface area contributed by atoms with Crippen molar-refractivity contribution in [2.75, 3.05) is 24.9 Å². The molecule has 1 amide bonds. The van der Waals surface area contributed by atoms with Gasteiger partial charge in [0.1, 0.15) is 12.4 Å². The van der Waals surface area contributed by atoms with E-state index in [0.29, 0.717) is 0 Å². The van der Waals surface area contributed by atoms with Gasteiger partial charge in [-0.05, 0) is 36.8 Å². The van der Waals surface area contributed by atoms with E-state index >= 15 is 0 Å². The Hall–Kier alpha value is -2.45. The number of nitrogens with zero attached hydrogens (tertiary/aromatic N) is 2. The summed E-state index contributed by atoms with van der Waals surface area (Å²) in [6.45, 7) is 1.40. The first-order valence-corrected chi connectivity index (χ1v) is 9.41. The van der Waals surface area contributed by atoms with Crippen LogP contribution in [-0.4, -0.2) is 39.3 Å². The fourth-order valence-corrected chi connectivity index (χ4v) is 3.42. The predicted molar refractivity (Wildman–Crippen MR) is 99.4 cm³/mol. The Bertz CT molecular complexity index is 840. The zero-order valence-electron chi connectivity index (χ0n) is 14.9. The molecule has 0 spiro atoms. The van der Waals surface area contributed by atoms with E-state index in [1.807, 2.05) is 37.3 Å². The van der Waals surface area contributed by atoms with Gasteiger partial charge >= 0.3 is 10.2 Å². The second kappa shape index (κ2) is 8.29. The highest BCUT2D eigenvalue weighted by Gasteiger charge is 2.27. The summed E-state index contributed by atoms with van der Waals surface area (Å²) in [5, 5.41) is 2.78. The summed E-state index contributed by atoms with van der Waals surface area (Å²) >= 11 is 0. The summed E-state index contributed by atoms with van der Waals surface area (Å²) in [6, 6.07) is 14.0. The molecule has 0 aliphatic heterocycles. The molecule has 26 heavy (non-hydrogen) atoms. The Labute approximate surface area is 153 Å². The molecule has 0 fully saturated rings. The van der Waals surface area contributed by atoms with Gasteiger partial charge in [-0.3, -0.25) is 4.79 Å². The van der Waals surface area contributed by atoms with Crippen LogP contribution in [0.15, 0.2) is 54.6 Å². The van der Waals surface area contributed by atoms with Gasteiger partial charge in [0, 0.05) is 14.1 Å². The van der Waals surface area contributed by atoms with Crippen molar-refractivity contribution < 1.29 is 17.6 Å². The first kappa shape index (κ1) is 19.9. The maximum Gasteiger partial charge on any atom is 0.304 e. The topological polar surface area (TPSA) is 69.7 Å². The molecule has 0 saturated carbocycles. The van der Waals surface area contributed by atoms with Gasteiger partial charge in [0.25, 0.3) is 0 Å². The van der Waals surface area contributed by atoms with E-state index in [1.54, 1.807) is 0 Å². The second-order valence-electron chi connectivity index (χ2n) is 5.97. The minimum Gasteiger partial charge on any atom is -0.348 e. The Balaban J connectivity index is 2.21. The minimum atomic E-state index is -3.92. The number of rotatable bonds is 7. The number of hydrogen-bond acceptors (Lipinski definition) is 3. The fraction of sp³-hybridized carbons (Fsp3) is 0.278. The quantitative estimate of drug-likeness (QED) is 0.803. The highest BCUT2D eigenvalue weighted by molar-refractivity contribution is 7.90. The van der Waals surface area contributed by atoms with E-state index in [-0.39, 0.29) is 11.7 Å². The number of carbonyl (C=O) groups excluding carboxylic acids is 1. The normalized spacial score (nSPS) is 12.7. The van der Waals surface area contributed by atoms with Crippen molar-refractivity contribution in [3.8, 4) is 0 Å².